The number of anilines is 1. The molecule has 3 heterocycles. The summed E-state index contributed by atoms with van der Waals surface area (Å²) in [5.74, 6) is -0.770. The van der Waals surface area contributed by atoms with Crippen LogP contribution in [0, 0.1) is 5.92 Å². The molecule has 1 saturated heterocycles. The molecule has 2 aromatic heterocycles. The minimum atomic E-state index is -3.50. The number of piperazine rings is 1. The van der Waals surface area contributed by atoms with Gasteiger partial charge in [-0.1, -0.05) is 13.0 Å². The molecule has 2 aromatic rings. The van der Waals surface area contributed by atoms with Gasteiger partial charge in [-0.3, -0.25) is 9.69 Å². The summed E-state index contributed by atoms with van der Waals surface area (Å²) < 4.78 is 27.2. The minimum absolute atomic E-state index is 0.226. The van der Waals surface area contributed by atoms with Crippen molar-refractivity contribution in [2.45, 2.75) is 43.4 Å². The first kappa shape index (κ1) is 23.4. The van der Waals surface area contributed by atoms with E-state index in [1.807, 2.05) is 4.90 Å². The lowest BCUT2D eigenvalue weighted by atomic mass is 9.88. The molecule has 0 bridgehead atoms. The van der Waals surface area contributed by atoms with E-state index < -0.39 is 22.0 Å². The molecule has 1 fully saturated rings. The summed E-state index contributed by atoms with van der Waals surface area (Å²) in [5.41, 5.74) is 1.08. The van der Waals surface area contributed by atoms with Crippen molar-refractivity contribution in [2.24, 2.45) is 5.92 Å². The number of hydrogen-bond donors (Lipinski definition) is 2. The standard InChI is InChI=1S/C21H27N3O5S3/c1-13-5-6-15-16(12-13)31-20(18(15)21(26)27)22-19(25)14(2)23-7-9-24(10-8-23)32(28,29)17-4-3-11-30-17/h3-4,11,13-14H,5-10,12H2,1-2H3,(H,22,25)(H,26,27). The van der Waals surface area contributed by atoms with E-state index in [1.165, 1.54) is 27.0 Å². The summed E-state index contributed by atoms with van der Waals surface area (Å²) in [7, 11) is -3.50. The molecule has 174 valence electrons. The Morgan fingerprint density at radius 3 is 2.59 bits per heavy atom. The third-order valence-electron chi connectivity index (χ3n) is 6.25. The molecule has 4 rings (SSSR count). The predicted octanol–water partition coefficient (Wildman–Crippen LogP) is 2.97. The second kappa shape index (κ2) is 9.22. The van der Waals surface area contributed by atoms with Crippen molar-refractivity contribution in [2.75, 3.05) is 31.5 Å². The molecule has 1 aliphatic heterocycles. The highest BCUT2D eigenvalue weighted by atomic mass is 32.2. The molecule has 0 spiro atoms. The zero-order chi connectivity index (χ0) is 23.0. The maximum absolute atomic E-state index is 13.0. The van der Waals surface area contributed by atoms with Gasteiger partial charge in [0, 0.05) is 31.1 Å². The van der Waals surface area contributed by atoms with Crippen LogP contribution in [0.5, 0.6) is 0 Å². The van der Waals surface area contributed by atoms with Gasteiger partial charge in [-0.25, -0.2) is 13.2 Å². The van der Waals surface area contributed by atoms with Crippen LogP contribution < -0.4 is 5.32 Å². The third-order valence-corrected chi connectivity index (χ3v) is 10.7. The lowest BCUT2D eigenvalue weighted by Crippen LogP contribution is -2.53. The molecule has 8 nitrogen and oxygen atoms in total. The fourth-order valence-electron chi connectivity index (χ4n) is 4.32. The zero-order valence-electron chi connectivity index (χ0n) is 18.0. The topological polar surface area (TPSA) is 107 Å². The number of sulfonamides is 1. The Morgan fingerprint density at radius 1 is 1.25 bits per heavy atom. The van der Waals surface area contributed by atoms with E-state index in [9.17, 15) is 23.1 Å². The third kappa shape index (κ3) is 4.49. The summed E-state index contributed by atoms with van der Waals surface area (Å²) in [6.07, 6.45) is 2.51. The molecule has 2 N–H and O–H groups in total. The average molecular weight is 498 g/mol. The predicted molar refractivity (Wildman–Crippen MR) is 125 cm³/mol. The average Bonchev–Trinajstić information content (AvgIpc) is 3.41. The van der Waals surface area contributed by atoms with Crippen LogP contribution in [0.1, 0.15) is 41.1 Å². The molecular weight excluding hydrogens is 470 g/mol. The Kier molecular flexibility index (Phi) is 6.73. The number of carbonyl (C=O) groups excluding carboxylic acids is 1. The van der Waals surface area contributed by atoms with Gasteiger partial charge in [0.25, 0.3) is 10.0 Å². The Morgan fingerprint density at radius 2 is 1.97 bits per heavy atom. The van der Waals surface area contributed by atoms with Gasteiger partial charge < -0.3 is 10.4 Å². The van der Waals surface area contributed by atoms with E-state index in [0.717, 1.165) is 29.7 Å². The number of carboxylic acid groups (broad SMARTS) is 1. The number of nitrogens with one attached hydrogen (secondary N) is 1. The van der Waals surface area contributed by atoms with Gasteiger partial charge in [0.05, 0.1) is 11.6 Å². The Bertz CT molecular complexity index is 1100. The van der Waals surface area contributed by atoms with Crippen molar-refractivity contribution in [3.05, 3.63) is 33.5 Å². The molecular formula is C21H27N3O5S3. The summed E-state index contributed by atoms with van der Waals surface area (Å²) in [6, 6.07) is 2.82. The molecule has 32 heavy (non-hydrogen) atoms. The van der Waals surface area contributed by atoms with Crippen molar-refractivity contribution in [1.29, 1.82) is 0 Å². The van der Waals surface area contributed by atoms with Crippen molar-refractivity contribution >= 4 is 49.6 Å². The number of carbonyl (C=O) groups is 2. The molecule has 1 aliphatic carbocycles. The monoisotopic (exact) mass is 497 g/mol. The maximum Gasteiger partial charge on any atom is 0.339 e. The van der Waals surface area contributed by atoms with Crippen molar-refractivity contribution in [1.82, 2.24) is 9.21 Å². The highest BCUT2D eigenvalue weighted by molar-refractivity contribution is 7.91. The van der Waals surface area contributed by atoms with Gasteiger partial charge in [-0.2, -0.15) is 4.31 Å². The van der Waals surface area contributed by atoms with Crippen LogP contribution in [0.15, 0.2) is 21.7 Å². The molecule has 1 amide bonds. The lowest BCUT2D eigenvalue weighted by molar-refractivity contribution is -0.121. The number of rotatable bonds is 6. The SMILES string of the molecule is CC1CCc2c(sc(NC(=O)C(C)N3CCN(S(=O)(=O)c4cccs4)CC3)c2C(=O)O)C1. The number of carboxylic acids is 1. The van der Waals surface area contributed by atoms with Crippen molar-refractivity contribution < 1.29 is 23.1 Å². The van der Waals surface area contributed by atoms with Crippen LogP contribution in [0.3, 0.4) is 0 Å². The summed E-state index contributed by atoms with van der Waals surface area (Å²) >= 11 is 2.57. The number of aromatic carboxylic acids is 1. The van der Waals surface area contributed by atoms with E-state index in [0.29, 0.717) is 41.3 Å². The Labute approximate surface area is 195 Å². The van der Waals surface area contributed by atoms with E-state index >= 15 is 0 Å². The normalized spacial score (nSPS) is 21.1. The van der Waals surface area contributed by atoms with Crippen LogP contribution >= 0.6 is 22.7 Å². The zero-order valence-corrected chi connectivity index (χ0v) is 20.5. The minimum Gasteiger partial charge on any atom is -0.478 e. The second-order valence-corrected chi connectivity index (χ2v) is 12.6. The molecule has 0 aromatic carbocycles. The highest BCUT2D eigenvalue weighted by Crippen LogP contribution is 2.39. The van der Waals surface area contributed by atoms with Gasteiger partial charge in [-0.05, 0) is 49.1 Å². The Balaban J connectivity index is 1.42. The van der Waals surface area contributed by atoms with Crippen molar-refractivity contribution in [3.8, 4) is 0 Å². The highest BCUT2D eigenvalue weighted by Gasteiger charge is 2.33. The van der Waals surface area contributed by atoms with Crippen LogP contribution in [-0.4, -0.2) is 66.8 Å². The number of thiophene rings is 2. The molecule has 2 atom stereocenters. The van der Waals surface area contributed by atoms with Crippen LogP contribution in [0.25, 0.3) is 0 Å². The Hall–Kier alpha value is -1.79. The first-order chi connectivity index (χ1) is 15.2. The van der Waals surface area contributed by atoms with E-state index in [4.69, 9.17) is 0 Å². The quantitative estimate of drug-likeness (QED) is 0.636. The van der Waals surface area contributed by atoms with E-state index in [-0.39, 0.29) is 11.5 Å². The van der Waals surface area contributed by atoms with Crippen molar-refractivity contribution in [3.63, 3.8) is 0 Å². The first-order valence-corrected chi connectivity index (χ1v) is 13.8. The van der Waals surface area contributed by atoms with Crippen LogP contribution in [-0.2, 0) is 27.7 Å². The fourth-order valence-corrected chi connectivity index (χ4v) is 8.29. The molecule has 11 heteroatoms. The van der Waals surface area contributed by atoms with Crippen LogP contribution in [0.2, 0.25) is 0 Å². The number of amides is 1. The summed E-state index contributed by atoms with van der Waals surface area (Å²) in [4.78, 5) is 27.8. The molecule has 2 unspecified atom stereocenters. The van der Waals surface area contributed by atoms with Gasteiger partial charge in [0.2, 0.25) is 5.91 Å². The van der Waals surface area contributed by atoms with E-state index in [2.05, 4.69) is 12.2 Å². The summed E-state index contributed by atoms with van der Waals surface area (Å²) in [5, 5.41) is 14.7. The van der Waals surface area contributed by atoms with Gasteiger partial charge in [-0.15, -0.1) is 22.7 Å². The maximum atomic E-state index is 13.0. The largest absolute Gasteiger partial charge is 0.478 e. The lowest BCUT2D eigenvalue weighted by Gasteiger charge is -2.36. The number of fused-ring (bicyclic) bond motifs is 1. The molecule has 0 radical (unpaired) electrons. The van der Waals surface area contributed by atoms with E-state index in [1.54, 1.807) is 24.4 Å². The van der Waals surface area contributed by atoms with Gasteiger partial charge in [0.1, 0.15) is 9.21 Å². The number of nitrogens with zero attached hydrogens (tertiary/aromatic N) is 2. The molecule has 0 saturated carbocycles. The first-order valence-electron chi connectivity index (χ1n) is 10.6. The molecule has 2 aliphatic rings. The van der Waals surface area contributed by atoms with Gasteiger partial charge in [0.15, 0.2) is 0 Å². The number of hydrogen-bond acceptors (Lipinski definition) is 7. The smallest absolute Gasteiger partial charge is 0.339 e. The van der Waals surface area contributed by atoms with Crippen LogP contribution in [0.4, 0.5) is 5.00 Å². The summed E-state index contributed by atoms with van der Waals surface area (Å²) in [6.45, 7) is 5.41. The second-order valence-electron chi connectivity index (χ2n) is 8.40. The fraction of sp³-hybridized carbons (Fsp3) is 0.524. The van der Waals surface area contributed by atoms with Gasteiger partial charge >= 0.3 is 5.97 Å².